The zero-order valence-electron chi connectivity index (χ0n) is 11.8. The molecule has 0 aromatic heterocycles. The summed E-state index contributed by atoms with van der Waals surface area (Å²) in [7, 11) is 0. The predicted octanol–water partition coefficient (Wildman–Crippen LogP) is 1.75. The predicted molar refractivity (Wildman–Crippen MR) is 71.1 cm³/mol. The molecule has 0 radical (unpaired) electrons. The van der Waals surface area contributed by atoms with Crippen LogP contribution in [0.2, 0.25) is 0 Å². The SMILES string of the molecule is CCCC1NC(C(C)C)C(=O)N1C1CCOCC1. The molecule has 2 fully saturated rings. The Morgan fingerprint density at radius 1 is 1.39 bits per heavy atom. The van der Waals surface area contributed by atoms with Crippen molar-refractivity contribution in [3.05, 3.63) is 0 Å². The molecule has 1 amide bonds. The highest BCUT2D eigenvalue weighted by atomic mass is 16.5. The van der Waals surface area contributed by atoms with Crippen molar-refractivity contribution in [2.45, 2.75) is 64.7 Å². The van der Waals surface area contributed by atoms with Crippen molar-refractivity contribution in [1.82, 2.24) is 10.2 Å². The molecule has 2 atom stereocenters. The van der Waals surface area contributed by atoms with Crippen molar-refractivity contribution in [3.63, 3.8) is 0 Å². The molecule has 2 aliphatic heterocycles. The van der Waals surface area contributed by atoms with E-state index in [1.807, 2.05) is 0 Å². The quantitative estimate of drug-likeness (QED) is 0.831. The van der Waals surface area contributed by atoms with Crippen molar-refractivity contribution >= 4 is 5.91 Å². The van der Waals surface area contributed by atoms with Crippen LogP contribution >= 0.6 is 0 Å². The maximum atomic E-state index is 12.6. The van der Waals surface area contributed by atoms with Crippen molar-refractivity contribution in [1.29, 1.82) is 0 Å². The van der Waals surface area contributed by atoms with Crippen LogP contribution in [0.15, 0.2) is 0 Å². The van der Waals surface area contributed by atoms with E-state index >= 15 is 0 Å². The molecule has 4 nitrogen and oxygen atoms in total. The molecule has 2 rings (SSSR count). The fourth-order valence-corrected chi connectivity index (χ4v) is 3.04. The number of nitrogens with one attached hydrogen (secondary N) is 1. The molecule has 1 N–H and O–H groups in total. The first-order chi connectivity index (χ1) is 8.65. The summed E-state index contributed by atoms with van der Waals surface area (Å²) in [6.45, 7) is 7.99. The molecule has 2 unspecified atom stereocenters. The standard InChI is InChI=1S/C14H26N2O2/c1-4-5-12-15-13(10(2)3)14(17)16(12)11-6-8-18-9-7-11/h10-13,15H,4-9H2,1-3H3. The van der Waals surface area contributed by atoms with Gasteiger partial charge in [-0.1, -0.05) is 27.2 Å². The Morgan fingerprint density at radius 2 is 2.06 bits per heavy atom. The van der Waals surface area contributed by atoms with Crippen molar-refractivity contribution < 1.29 is 9.53 Å². The molecule has 0 saturated carbocycles. The van der Waals surface area contributed by atoms with Gasteiger partial charge in [0.25, 0.3) is 0 Å². The van der Waals surface area contributed by atoms with E-state index in [0.29, 0.717) is 17.9 Å². The average Bonchev–Trinajstić information content (AvgIpc) is 2.68. The van der Waals surface area contributed by atoms with Gasteiger partial charge in [0.05, 0.1) is 12.2 Å². The van der Waals surface area contributed by atoms with Gasteiger partial charge in [-0.15, -0.1) is 0 Å². The molecule has 4 heteroatoms. The Balaban J connectivity index is 2.10. The molecule has 2 aliphatic rings. The summed E-state index contributed by atoms with van der Waals surface area (Å²) in [5.41, 5.74) is 0. The van der Waals surface area contributed by atoms with E-state index in [0.717, 1.165) is 38.9 Å². The molecule has 2 saturated heterocycles. The first kappa shape index (κ1) is 13.8. The summed E-state index contributed by atoms with van der Waals surface area (Å²) in [5, 5.41) is 3.52. The Morgan fingerprint density at radius 3 is 2.61 bits per heavy atom. The molecule has 18 heavy (non-hydrogen) atoms. The molecule has 0 bridgehead atoms. The number of nitrogens with zero attached hydrogens (tertiary/aromatic N) is 1. The van der Waals surface area contributed by atoms with Gasteiger partial charge >= 0.3 is 0 Å². The van der Waals surface area contributed by atoms with E-state index in [9.17, 15) is 4.79 Å². The summed E-state index contributed by atoms with van der Waals surface area (Å²) in [6.07, 6.45) is 4.36. The molecule has 0 aliphatic carbocycles. The topological polar surface area (TPSA) is 41.6 Å². The second kappa shape index (κ2) is 6.02. The number of carbonyl (C=O) groups excluding carboxylic acids is 1. The van der Waals surface area contributed by atoms with Crippen LogP contribution in [0.4, 0.5) is 0 Å². The van der Waals surface area contributed by atoms with E-state index in [1.54, 1.807) is 0 Å². The lowest BCUT2D eigenvalue weighted by molar-refractivity contribution is -0.134. The van der Waals surface area contributed by atoms with Gasteiger partial charge in [0.2, 0.25) is 5.91 Å². The monoisotopic (exact) mass is 254 g/mol. The zero-order chi connectivity index (χ0) is 13.1. The van der Waals surface area contributed by atoms with Crippen molar-refractivity contribution in [3.8, 4) is 0 Å². The lowest BCUT2D eigenvalue weighted by atomic mass is 10.0. The van der Waals surface area contributed by atoms with Gasteiger partial charge in [-0.25, -0.2) is 0 Å². The van der Waals surface area contributed by atoms with Gasteiger partial charge in [0, 0.05) is 19.3 Å². The minimum Gasteiger partial charge on any atom is -0.381 e. The lowest BCUT2D eigenvalue weighted by Crippen LogP contribution is -2.47. The molecule has 0 aromatic rings. The van der Waals surface area contributed by atoms with Crippen LogP contribution < -0.4 is 5.32 Å². The highest BCUT2D eigenvalue weighted by molar-refractivity contribution is 5.85. The number of ether oxygens (including phenoxy) is 1. The minimum atomic E-state index is 0.00407. The Bertz CT molecular complexity index is 288. The average molecular weight is 254 g/mol. The summed E-state index contributed by atoms with van der Waals surface area (Å²) in [4.78, 5) is 14.7. The van der Waals surface area contributed by atoms with E-state index in [-0.39, 0.29) is 12.2 Å². The summed E-state index contributed by atoms with van der Waals surface area (Å²) in [5.74, 6) is 0.664. The smallest absolute Gasteiger partial charge is 0.241 e. The van der Waals surface area contributed by atoms with Crippen LogP contribution in [0.1, 0.15) is 46.5 Å². The first-order valence-corrected chi connectivity index (χ1v) is 7.31. The molecular weight excluding hydrogens is 228 g/mol. The first-order valence-electron chi connectivity index (χ1n) is 7.31. The largest absolute Gasteiger partial charge is 0.381 e. The Hall–Kier alpha value is -0.610. The molecule has 0 spiro atoms. The second-order valence-electron chi connectivity index (χ2n) is 5.78. The number of rotatable bonds is 4. The number of hydrogen-bond donors (Lipinski definition) is 1. The van der Waals surface area contributed by atoms with Gasteiger partial charge in [-0.05, 0) is 25.2 Å². The van der Waals surface area contributed by atoms with Crippen LogP contribution in [0.5, 0.6) is 0 Å². The maximum absolute atomic E-state index is 12.6. The van der Waals surface area contributed by atoms with Gasteiger partial charge in [-0.3, -0.25) is 10.1 Å². The summed E-state index contributed by atoms with van der Waals surface area (Å²) >= 11 is 0. The van der Waals surface area contributed by atoms with E-state index in [4.69, 9.17) is 4.74 Å². The molecular formula is C14H26N2O2. The highest BCUT2D eigenvalue weighted by Gasteiger charge is 2.43. The number of amides is 1. The fraction of sp³-hybridized carbons (Fsp3) is 0.929. The van der Waals surface area contributed by atoms with Gasteiger partial charge in [0.1, 0.15) is 0 Å². The number of hydrogen-bond acceptors (Lipinski definition) is 3. The molecule has 2 heterocycles. The maximum Gasteiger partial charge on any atom is 0.241 e. The number of carbonyl (C=O) groups is 1. The second-order valence-corrected chi connectivity index (χ2v) is 5.78. The third kappa shape index (κ3) is 2.69. The van der Waals surface area contributed by atoms with Crippen LogP contribution in [-0.4, -0.2) is 42.3 Å². The van der Waals surface area contributed by atoms with E-state index < -0.39 is 0 Å². The van der Waals surface area contributed by atoms with Gasteiger partial charge < -0.3 is 9.64 Å². The summed E-state index contributed by atoms with van der Waals surface area (Å²) in [6, 6.07) is 0.378. The third-order valence-electron chi connectivity index (χ3n) is 4.04. The van der Waals surface area contributed by atoms with Crippen LogP contribution in [0.25, 0.3) is 0 Å². The van der Waals surface area contributed by atoms with E-state index in [2.05, 4.69) is 31.0 Å². The lowest BCUT2D eigenvalue weighted by Gasteiger charge is -2.35. The Kier molecular flexibility index (Phi) is 4.62. The highest BCUT2D eigenvalue weighted by Crippen LogP contribution is 2.26. The van der Waals surface area contributed by atoms with Crippen LogP contribution in [0, 0.1) is 5.92 Å². The van der Waals surface area contributed by atoms with Crippen LogP contribution in [-0.2, 0) is 9.53 Å². The normalized spacial score (nSPS) is 30.4. The zero-order valence-corrected chi connectivity index (χ0v) is 11.8. The van der Waals surface area contributed by atoms with Crippen molar-refractivity contribution in [2.75, 3.05) is 13.2 Å². The van der Waals surface area contributed by atoms with Gasteiger partial charge in [0.15, 0.2) is 0 Å². The summed E-state index contributed by atoms with van der Waals surface area (Å²) < 4.78 is 5.41. The minimum absolute atomic E-state index is 0.00407. The van der Waals surface area contributed by atoms with Crippen LogP contribution in [0.3, 0.4) is 0 Å². The Labute approximate surface area is 110 Å². The molecule has 0 aromatic carbocycles. The van der Waals surface area contributed by atoms with Crippen molar-refractivity contribution in [2.24, 2.45) is 5.92 Å². The molecule has 104 valence electrons. The fourth-order valence-electron chi connectivity index (χ4n) is 3.04. The third-order valence-corrected chi connectivity index (χ3v) is 4.04. The van der Waals surface area contributed by atoms with E-state index in [1.165, 1.54) is 0 Å². The van der Waals surface area contributed by atoms with Gasteiger partial charge in [-0.2, -0.15) is 0 Å².